The minimum Gasteiger partial charge on any atom is -0.493 e. The third-order valence-corrected chi connectivity index (χ3v) is 7.00. The smallest absolute Gasteiger partial charge is 0.251 e. The standard InChI is InChI=1S/C20H22N2O4S/c23-20(21-18-11-14-26-19-6-2-1-5-17(18)19)15-7-9-16(10-8-15)27(24,25)22-12-3-4-13-22/h1-2,5-10,18H,3-4,11-14H2,(H,21,23)/t18-/m1/s1. The number of hydrogen-bond acceptors (Lipinski definition) is 4. The van der Waals surface area contributed by atoms with Gasteiger partial charge < -0.3 is 10.1 Å². The molecule has 1 amide bonds. The third kappa shape index (κ3) is 3.57. The zero-order chi connectivity index (χ0) is 18.9. The summed E-state index contributed by atoms with van der Waals surface area (Å²) in [4.78, 5) is 12.9. The van der Waals surface area contributed by atoms with Crippen LogP contribution in [0.2, 0.25) is 0 Å². The fraction of sp³-hybridized carbons (Fsp3) is 0.350. The molecule has 0 radical (unpaired) electrons. The molecule has 0 aliphatic carbocycles. The molecule has 0 bridgehead atoms. The number of nitrogens with one attached hydrogen (secondary N) is 1. The van der Waals surface area contributed by atoms with E-state index in [9.17, 15) is 13.2 Å². The molecule has 142 valence electrons. The molecule has 0 aromatic heterocycles. The van der Waals surface area contributed by atoms with Gasteiger partial charge >= 0.3 is 0 Å². The number of hydrogen-bond donors (Lipinski definition) is 1. The molecule has 1 fully saturated rings. The highest BCUT2D eigenvalue weighted by Gasteiger charge is 2.27. The largest absolute Gasteiger partial charge is 0.493 e. The van der Waals surface area contributed by atoms with Crippen molar-refractivity contribution in [2.24, 2.45) is 0 Å². The Hall–Kier alpha value is -2.38. The van der Waals surface area contributed by atoms with E-state index in [0.29, 0.717) is 31.7 Å². The summed E-state index contributed by atoms with van der Waals surface area (Å²) in [5.41, 5.74) is 1.41. The van der Waals surface area contributed by atoms with E-state index < -0.39 is 10.0 Å². The Balaban J connectivity index is 1.49. The molecule has 0 unspecified atom stereocenters. The Morgan fingerprint density at radius 3 is 2.48 bits per heavy atom. The maximum atomic E-state index is 12.6. The molecule has 1 atom stereocenters. The van der Waals surface area contributed by atoms with Crippen LogP contribution >= 0.6 is 0 Å². The summed E-state index contributed by atoms with van der Waals surface area (Å²) in [6, 6.07) is 13.7. The predicted molar refractivity (Wildman–Crippen MR) is 101 cm³/mol. The third-order valence-electron chi connectivity index (χ3n) is 5.08. The summed E-state index contributed by atoms with van der Waals surface area (Å²) in [6.07, 6.45) is 2.49. The van der Waals surface area contributed by atoms with Crippen molar-refractivity contribution in [3.63, 3.8) is 0 Å². The molecule has 2 heterocycles. The van der Waals surface area contributed by atoms with E-state index in [1.54, 1.807) is 12.1 Å². The predicted octanol–water partition coefficient (Wildman–Crippen LogP) is 2.72. The number of nitrogens with zero attached hydrogens (tertiary/aromatic N) is 1. The maximum absolute atomic E-state index is 12.6. The summed E-state index contributed by atoms with van der Waals surface area (Å²) >= 11 is 0. The Bertz CT molecular complexity index is 935. The molecule has 2 aliphatic heterocycles. The van der Waals surface area contributed by atoms with Gasteiger partial charge in [-0.1, -0.05) is 18.2 Å². The van der Waals surface area contributed by atoms with E-state index in [4.69, 9.17) is 4.74 Å². The van der Waals surface area contributed by atoms with E-state index in [-0.39, 0.29) is 16.8 Å². The summed E-state index contributed by atoms with van der Waals surface area (Å²) in [6.45, 7) is 1.68. The van der Waals surface area contributed by atoms with Crippen molar-refractivity contribution >= 4 is 15.9 Å². The Morgan fingerprint density at radius 2 is 1.74 bits per heavy atom. The first kappa shape index (κ1) is 18.0. The van der Waals surface area contributed by atoms with Gasteiger partial charge in [0.1, 0.15) is 5.75 Å². The normalized spacial score (nSPS) is 19.9. The Labute approximate surface area is 159 Å². The van der Waals surface area contributed by atoms with E-state index >= 15 is 0 Å². The van der Waals surface area contributed by atoms with E-state index in [1.165, 1.54) is 16.4 Å². The lowest BCUT2D eigenvalue weighted by Crippen LogP contribution is -2.32. The van der Waals surface area contributed by atoms with Crippen LogP contribution in [-0.2, 0) is 10.0 Å². The van der Waals surface area contributed by atoms with Crippen LogP contribution in [-0.4, -0.2) is 38.3 Å². The van der Waals surface area contributed by atoms with Crippen molar-refractivity contribution in [2.75, 3.05) is 19.7 Å². The molecule has 2 aromatic carbocycles. The lowest BCUT2D eigenvalue weighted by molar-refractivity contribution is 0.0924. The number of carbonyl (C=O) groups excluding carboxylic acids is 1. The van der Waals surface area contributed by atoms with Gasteiger partial charge in [-0.2, -0.15) is 4.31 Å². The van der Waals surface area contributed by atoms with Crippen molar-refractivity contribution in [2.45, 2.75) is 30.2 Å². The second kappa shape index (κ2) is 7.32. The Morgan fingerprint density at radius 1 is 1.04 bits per heavy atom. The first-order chi connectivity index (χ1) is 13.1. The molecular weight excluding hydrogens is 364 g/mol. The van der Waals surface area contributed by atoms with Gasteiger partial charge in [-0.3, -0.25) is 4.79 Å². The highest BCUT2D eigenvalue weighted by Crippen LogP contribution is 2.31. The van der Waals surface area contributed by atoms with Crippen molar-refractivity contribution in [1.82, 2.24) is 9.62 Å². The minimum atomic E-state index is -3.46. The van der Waals surface area contributed by atoms with Crippen LogP contribution in [0.4, 0.5) is 0 Å². The number of ether oxygens (including phenoxy) is 1. The molecule has 2 aliphatic rings. The van der Waals surface area contributed by atoms with Gasteiger partial charge in [0.25, 0.3) is 5.91 Å². The molecule has 27 heavy (non-hydrogen) atoms. The number of amides is 1. The zero-order valence-electron chi connectivity index (χ0n) is 14.9. The fourth-order valence-electron chi connectivity index (χ4n) is 3.59. The number of sulfonamides is 1. The minimum absolute atomic E-state index is 0.115. The summed E-state index contributed by atoms with van der Waals surface area (Å²) in [5, 5.41) is 3.03. The SMILES string of the molecule is O=C(N[C@@H]1CCOc2ccccc21)c1ccc(S(=O)(=O)N2CCCC2)cc1. The van der Waals surface area contributed by atoms with Gasteiger partial charge in [-0.05, 0) is 43.2 Å². The van der Waals surface area contributed by atoms with Crippen LogP contribution in [0.3, 0.4) is 0 Å². The van der Waals surface area contributed by atoms with Crippen LogP contribution in [0.1, 0.15) is 41.2 Å². The molecule has 7 heteroatoms. The molecule has 6 nitrogen and oxygen atoms in total. The maximum Gasteiger partial charge on any atom is 0.251 e. The molecule has 0 saturated carbocycles. The van der Waals surface area contributed by atoms with Crippen molar-refractivity contribution in [1.29, 1.82) is 0 Å². The van der Waals surface area contributed by atoms with Crippen molar-refractivity contribution in [3.8, 4) is 5.75 Å². The van der Waals surface area contributed by atoms with Gasteiger partial charge in [0.2, 0.25) is 10.0 Å². The van der Waals surface area contributed by atoms with E-state index in [0.717, 1.165) is 24.2 Å². The monoisotopic (exact) mass is 386 g/mol. The first-order valence-electron chi connectivity index (χ1n) is 9.18. The number of fused-ring (bicyclic) bond motifs is 1. The lowest BCUT2D eigenvalue weighted by Gasteiger charge is -2.26. The summed E-state index contributed by atoms with van der Waals surface area (Å²) < 4.78 is 32.3. The van der Waals surface area contributed by atoms with E-state index in [2.05, 4.69) is 5.32 Å². The lowest BCUT2D eigenvalue weighted by atomic mass is 10.00. The molecule has 0 spiro atoms. The van der Waals surface area contributed by atoms with Crippen LogP contribution in [0.5, 0.6) is 5.75 Å². The van der Waals surface area contributed by atoms with Crippen LogP contribution in [0.25, 0.3) is 0 Å². The second-order valence-corrected chi connectivity index (χ2v) is 8.77. The first-order valence-corrected chi connectivity index (χ1v) is 10.6. The molecular formula is C20H22N2O4S. The number of benzene rings is 2. The zero-order valence-corrected chi connectivity index (χ0v) is 15.7. The van der Waals surface area contributed by atoms with Crippen LogP contribution in [0.15, 0.2) is 53.4 Å². The van der Waals surface area contributed by atoms with Gasteiger partial charge in [-0.15, -0.1) is 0 Å². The number of para-hydroxylation sites is 1. The number of carbonyl (C=O) groups is 1. The summed E-state index contributed by atoms with van der Waals surface area (Å²) in [7, 11) is -3.46. The van der Waals surface area contributed by atoms with Gasteiger partial charge in [-0.25, -0.2) is 8.42 Å². The summed E-state index contributed by atoms with van der Waals surface area (Å²) in [5.74, 6) is 0.572. The Kier molecular flexibility index (Phi) is 4.88. The van der Waals surface area contributed by atoms with Gasteiger partial charge in [0.05, 0.1) is 17.5 Å². The molecule has 2 aromatic rings. The van der Waals surface area contributed by atoms with Gasteiger partial charge in [0, 0.05) is 30.6 Å². The topological polar surface area (TPSA) is 75.7 Å². The highest BCUT2D eigenvalue weighted by molar-refractivity contribution is 7.89. The second-order valence-electron chi connectivity index (χ2n) is 6.84. The average Bonchev–Trinajstić information content (AvgIpc) is 3.24. The van der Waals surface area contributed by atoms with Gasteiger partial charge in [0.15, 0.2) is 0 Å². The molecule has 1 saturated heterocycles. The van der Waals surface area contributed by atoms with Crippen LogP contribution < -0.4 is 10.1 Å². The quantitative estimate of drug-likeness (QED) is 0.877. The van der Waals surface area contributed by atoms with Crippen molar-refractivity contribution in [3.05, 3.63) is 59.7 Å². The fourth-order valence-corrected chi connectivity index (χ4v) is 5.11. The average molecular weight is 386 g/mol. The van der Waals surface area contributed by atoms with Crippen molar-refractivity contribution < 1.29 is 17.9 Å². The highest BCUT2D eigenvalue weighted by atomic mass is 32.2. The molecule has 4 rings (SSSR count). The van der Waals surface area contributed by atoms with E-state index in [1.807, 2.05) is 24.3 Å². The molecule has 1 N–H and O–H groups in total. The number of rotatable bonds is 4. The van der Waals surface area contributed by atoms with Crippen LogP contribution in [0, 0.1) is 0 Å².